The number of aliphatic hydroxyl groups excluding tert-OH is 1. The van der Waals surface area contributed by atoms with E-state index in [4.69, 9.17) is 11.5 Å². The molecule has 0 radical (unpaired) electrons. The molecule has 45 heavy (non-hydrogen) atoms. The highest BCUT2D eigenvalue weighted by atomic mass is 32.2. The molecule has 0 saturated carbocycles. The van der Waals surface area contributed by atoms with Crippen molar-refractivity contribution in [1.29, 1.82) is 0 Å². The summed E-state index contributed by atoms with van der Waals surface area (Å²) in [6.07, 6.45) is 0.984. The number of nitrogen functional groups attached to an aromatic ring is 2. The number of nitrogens with zero attached hydrogens (tertiary/aromatic N) is 1. The van der Waals surface area contributed by atoms with Crippen LogP contribution in [0.25, 0.3) is 21.7 Å². The summed E-state index contributed by atoms with van der Waals surface area (Å²) < 4.78 is 65.3. The van der Waals surface area contributed by atoms with E-state index in [-0.39, 0.29) is 22.0 Å². The number of aromatic hydroxyl groups is 1. The van der Waals surface area contributed by atoms with Gasteiger partial charge in [-0.05, 0) is 67.4 Å². The number of nitrogens with one attached hydrogen (secondary N) is 1. The van der Waals surface area contributed by atoms with Crippen LogP contribution in [-0.4, -0.2) is 54.1 Å². The number of carbonyl (C=O) groups excluding carboxylic acids is 1. The zero-order valence-electron chi connectivity index (χ0n) is 23.9. The van der Waals surface area contributed by atoms with Crippen molar-refractivity contribution in [3.05, 3.63) is 90.1 Å². The van der Waals surface area contributed by atoms with Gasteiger partial charge in [0.15, 0.2) is 0 Å². The standard InChI is InChI=1S/C19H18N2O9S2.C9H8N2.CH5N/c1-9(22)10-2-4-11(5-3-10)19(24)21-14-8-13(31(25,26)27)6-12-7-15(32(28,29)30)17(20)18(23)16(12)14;10-8-5-1-3-7-4-2-6-11-9(7)8;1-2/h2-9,22-23H,20H2,1H3,(H,21,24)(H,25,26,27)(H,28,29,30);1-6H,10H2;2H2,1H3. The smallest absolute Gasteiger partial charge is 0.296 e. The number of fused-ring (bicyclic) bond motifs is 2. The largest absolute Gasteiger partial charge is 0.505 e. The lowest BCUT2D eigenvalue weighted by molar-refractivity contribution is 0.102. The van der Waals surface area contributed by atoms with Gasteiger partial charge < -0.3 is 32.7 Å². The highest BCUT2D eigenvalue weighted by Gasteiger charge is 2.24. The fraction of sp³-hybridized carbons (Fsp3) is 0.103. The van der Waals surface area contributed by atoms with Gasteiger partial charge >= 0.3 is 0 Å². The number of benzene rings is 4. The Balaban J connectivity index is 0.000000352. The first-order valence-electron chi connectivity index (χ1n) is 12.9. The van der Waals surface area contributed by atoms with Gasteiger partial charge in [-0.1, -0.05) is 30.3 Å². The van der Waals surface area contributed by atoms with Crippen LogP contribution in [0.4, 0.5) is 17.1 Å². The Labute approximate surface area is 258 Å². The molecule has 0 spiro atoms. The summed E-state index contributed by atoms with van der Waals surface area (Å²) in [7, 11) is -8.20. The molecule has 0 aliphatic rings. The summed E-state index contributed by atoms with van der Waals surface area (Å²) in [6, 6.07) is 18.0. The summed E-state index contributed by atoms with van der Waals surface area (Å²) in [4.78, 5) is 15.2. The molecule has 16 heteroatoms. The molecule has 1 atom stereocenters. The van der Waals surface area contributed by atoms with Gasteiger partial charge in [-0.25, -0.2) is 0 Å². The molecule has 1 aromatic heterocycles. The van der Waals surface area contributed by atoms with Crippen molar-refractivity contribution in [3.8, 4) is 5.75 Å². The maximum absolute atomic E-state index is 12.7. The summed E-state index contributed by atoms with van der Waals surface area (Å²) in [5.74, 6) is -1.58. The Morgan fingerprint density at radius 3 is 2.04 bits per heavy atom. The van der Waals surface area contributed by atoms with E-state index in [0.717, 1.165) is 34.8 Å². The van der Waals surface area contributed by atoms with E-state index in [1.54, 1.807) is 6.20 Å². The van der Waals surface area contributed by atoms with Crippen LogP contribution < -0.4 is 22.5 Å². The third kappa shape index (κ3) is 8.01. The van der Waals surface area contributed by atoms with E-state index in [1.165, 1.54) is 38.2 Å². The van der Waals surface area contributed by atoms with E-state index in [9.17, 15) is 40.9 Å². The average Bonchev–Trinajstić information content (AvgIpc) is 2.99. The lowest BCUT2D eigenvalue weighted by Gasteiger charge is -2.15. The van der Waals surface area contributed by atoms with Crippen molar-refractivity contribution in [2.75, 3.05) is 23.8 Å². The first kappa shape index (κ1) is 34.6. The van der Waals surface area contributed by atoms with E-state index in [2.05, 4.69) is 16.0 Å². The van der Waals surface area contributed by atoms with Crippen LogP contribution in [0.3, 0.4) is 0 Å². The lowest BCUT2D eigenvalue weighted by Crippen LogP contribution is -2.13. The van der Waals surface area contributed by atoms with Crippen molar-refractivity contribution in [3.63, 3.8) is 0 Å². The van der Waals surface area contributed by atoms with Gasteiger partial charge in [0.05, 0.1) is 33.6 Å². The molecule has 0 fully saturated rings. The van der Waals surface area contributed by atoms with Crippen LogP contribution in [-0.2, 0) is 20.2 Å². The summed E-state index contributed by atoms with van der Waals surface area (Å²) in [6.45, 7) is 1.54. The van der Waals surface area contributed by atoms with E-state index in [0.29, 0.717) is 5.56 Å². The quantitative estimate of drug-likeness (QED) is 0.0766. The van der Waals surface area contributed by atoms with Gasteiger partial charge in [-0.3, -0.25) is 18.9 Å². The van der Waals surface area contributed by atoms with Crippen LogP contribution >= 0.6 is 0 Å². The molecule has 5 aromatic rings. The minimum Gasteiger partial charge on any atom is -0.505 e. The van der Waals surface area contributed by atoms with Crippen molar-refractivity contribution >= 4 is 64.9 Å². The van der Waals surface area contributed by atoms with Crippen molar-refractivity contribution < 1.29 is 40.9 Å². The number of carbonyl (C=O) groups is 1. The average molecular weight is 658 g/mol. The molecule has 4 aromatic carbocycles. The first-order valence-corrected chi connectivity index (χ1v) is 15.8. The van der Waals surface area contributed by atoms with Gasteiger partial charge in [-0.2, -0.15) is 16.8 Å². The van der Waals surface area contributed by atoms with Gasteiger partial charge in [0.1, 0.15) is 10.6 Å². The zero-order chi connectivity index (χ0) is 33.7. The number of anilines is 3. The number of amides is 1. The Kier molecular flexibility index (Phi) is 10.7. The molecule has 0 aliphatic carbocycles. The predicted molar refractivity (Wildman–Crippen MR) is 171 cm³/mol. The van der Waals surface area contributed by atoms with Crippen LogP contribution in [0.5, 0.6) is 5.75 Å². The molecule has 1 heterocycles. The number of pyridine rings is 1. The number of hydrogen-bond acceptors (Lipinski definition) is 11. The summed E-state index contributed by atoms with van der Waals surface area (Å²) >= 11 is 0. The Bertz CT molecular complexity index is 2080. The summed E-state index contributed by atoms with van der Waals surface area (Å²) in [5, 5.41) is 23.0. The number of aliphatic hydroxyl groups is 1. The minimum absolute atomic E-state index is 0.113. The first-order chi connectivity index (χ1) is 21.1. The maximum atomic E-state index is 12.7. The zero-order valence-corrected chi connectivity index (χ0v) is 25.5. The van der Waals surface area contributed by atoms with Crippen LogP contribution in [0, 0.1) is 0 Å². The van der Waals surface area contributed by atoms with Gasteiger partial charge in [-0.15, -0.1) is 0 Å². The normalized spacial score (nSPS) is 12.0. The van der Waals surface area contributed by atoms with Crippen molar-refractivity contribution in [1.82, 2.24) is 4.98 Å². The van der Waals surface area contributed by atoms with Gasteiger partial charge in [0, 0.05) is 22.5 Å². The fourth-order valence-electron chi connectivity index (χ4n) is 4.18. The maximum Gasteiger partial charge on any atom is 0.296 e. The second-order valence-corrected chi connectivity index (χ2v) is 12.1. The highest BCUT2D eigenvalue weighted by Crippen LogP contribution is 2.41. The third-order valence-electron chi connectivity index (χ3n) is 6.33. The second kappa shape index (κ2) is 13.9. The Morgan fingerprint density at radius 2 is 1.49 bits per heavy atom. The lowest BCUT2D eigenvalue weighted by atomic mass is 10.0. The van der Waals surface area contributed by atoms with Crippen LogP contribution in [0.2, 0.25) is 0 Å². The molecule has 14 nitrogen and oxygen atoms in total. The van der Waals surface area contributed by atoms with Crippen LogP contribution in [0.1, 0.15) is 28.9 Å². The third-order valence-corrected chi connectivity index (χ3v) is 8.05. The van der Waals surface area contributed by atoms with Crippen molar-refractivity contribution in [2.45, 2.75) is 22.8 Å². The number of phenolic OH excluding ortho intramolecular Hbond substituents is 1. The number of phenols is 1. The van der Waals surface area contributed by atoms with Gasteiger partial charge in [0.2, 0.25) is 0 Å². The molecule has 11 N–H and O–H groups in total. The summed E-state index contributed by atoms with van der Waals surface area (Å²) in [5.41, 5.74) is 17.1. The van der Waals surface area contributed by atoms with Gasteiger partial charge in [0.25, 0.3) is 26.1 Å². The SMILES string of the molecule is CC(O)c1ccc(C(=O)Nc2cc(S(=O)(=O)O)cc3cc(S(=O)(=O)O)c(N)c(O)c23)cc1.CN.Nc1cccc2cccnc12. The molecule has 1 unspecified atom stereocenters. The molecule has 0 aliphatic heterocycles. The minimum atomic E-state index is -4.89. The number of para-hydroxylation sites is 1. The fourth-order valence-corrected chi connectivity index (χ4v) is 5.37. The van der Waals surface area contributed by atoms with Crippen LogP contribution in [0.15, 0.2) is 88.8 Å². The van der Waals surface area contributed by atoms with E-state index >= 15 is 0 Å². The number of aromatic nitrogens is 1. The number of rotatable bonds is 5. The molecule has 0 saturated heterocycles. The predicted octanol–water partition coefficient (Wildman–Crippen LogP) is 3.32. The molecule has 1 amide bonds. The molecule has 5 rings (SSSR count). The highest BCUT2D eigenvalue weighted by molar-refractivity contribution is 7.86. The number of nitrogens with two attached hydrogens (primary N) is 3. The Morgan fingerprint density at radius 1 is 0.867 bits per heavy atom. The van der Waals surface area contributed by atoms with Crippen molar-refractivity contribution in [2.24, 2.45) is 5.73 Å². The van der Waals surface area contributed by atoms with E-state index < -0.39 is 53.5 Å². The number of hydrogen-bond donors (Lipinski definition) is 8. The molecular weight excluding hydrogens is 626 g/mol. The van der Waals surface area contributed by atoms with E-state index in [1.807, 2.05) is 30.3 Å². The monoisotopic (exact) mass is 657 g/mol. The molecular formula is C29H31N5O9S2. The molecule has 0 bridgehead atoms. The second-order valence-electron chi connectivity index (χ2n) is 9.33. The molecule has 238 valence electrons. The Hall–Kier alpha value is -4.84. The topological polar surface area (TPSA) is 269 Å².